The van der Waals surface area contributed by atoms with Crippen LogP contribution in [-0.2, 0) is 11.3 Å². The van der Waals surface area contributed by atoms with Gasteiger partial charge in [-0.3, -0.25) is 4.98 Å². The number of hydrogen-bond acceptors (Lipinski definition) is 2. The van der Waals surface area contributed by atoms with E-state index in [1.165, 1.54) is 51.0 Å². The van der Waals surface area contributed by atoms with Crippen molar-refractivity contribution in [3.8, 4) is 0 Å². The van der Waals surface area contributed by atoms with Crippen molar-refractivity contribution in [3.63, 3.8) is 0 Å². The van der Waals surface area contributed by atoms with Gasteiger partial charge in [0.2, 0.25) is 0 Å². The molecule has 3 unspecified atom stereocenters. The molecule has 5 atom stereocenters. The molecular formula is C35H35N2O+. The zero-order valence-electron chi connectivity index (χ0n) is 22.1. The van der Waals surface area contributed by atoms with E-state index in [2.05, 4.69) is 103 Å². The fraction of sp³-hybridized carbons (Fsp3) is 0.286. The number of fused-ring (bicyclic) bond motifs is 6. The first-order chi connectivity index (χ1) is 18.7. The van der Waals surface area contributed by atoms with Crippen molar-refractivity contribution in [2.75, 3.05) is 20.2 Å². The zero-order chi connectivity index (χ0) is 25.7. The number of para-hydroxylation sites is 1. The topological polar surface area (TPSA) is 22.1 Å². The maximum atomic E-state index is 6.47. The van der Waals surface area contributed by atoms with E-state index < -0.39 is 0 Å². The largest absolute Gasteiger partial charge is 0.370 e. The quantitative estimate of drug-likeness (QED) is 0.135. The van der Waals surface area contributed by atoms with E-state index >= 15 is 0 Å². The molecule has 38 heavy (non-hydrogen) atoms. The first-order valence-electron chi connectivity index (χ1n) is 13.9. The van der Waals surface area contributed by atoms with Crippen LogP contribution in [0.4, 0.5) is 0 Å². The molecule has 3 heteroatoms. The third-order valence-electron chi connectivity index (χ3n) is 9.62. The number of aromatic nitrogens is 1. The molecule has 0 aliphatic carbocycles. The van der Waals surface area contributed by atoms with E-state index in [-0.39, 0.29) is 6.10 Å². The van der Waals surface area contributed by atoms with Crippen molar-refractivity contribution in [1.82, 2.24) is 4.98 Å². The summed E-state index contributed by atoms with van der Waals surface area (Å²) in [5.41, 5.74) is 3.78. The summed E-state index contributed by atoms with van der Waals surface area (Å²) >= 11 is 0. The maximum absolute atomic E-state index is 6.47. The van der Waals surface area contributed by atoms with Gasteiger partial charge in [-0.05, 0) is 51.2 Å². The Labute approximate surface area is 225 Å². The number of piperidine rings is 3. The Morgan fingerprint density at radius 1 is 0.947 bits per heavy atom. The summed E-state index contributed by atoms with van der Waals surface area (Å²) in [7, 11) is 1.90. The van der Waals surface area contributed by atoms with E-state index in [1.54, 1.807) is 0 Å². The smallest absolute Gasteiger partial charge is 0.135 e. The Morgan fingerprint density at radius 2 is 1.63 bits per heavy atom. The Hall–Kier alpha value is -3.53. The standard InChI is InChI=1S/C35H35N2O/c1-3-24-22-37(23-32-28-12-6-4-10-26(28)20-27-11-5-7-13-29(27)32)19-17-25(24)21-34(37)35(38-2)31-16-18-36-33-15-9-8-14-30(31)33/h3-16,18,20,24-25,34-35H,1,17,19,21-23H2,2H3/q+1/t24?,25?,34-,35+,37?/m0/s1. The molecule has 4 heterocycles. The van der Waals surface area contributed by atoms with Gasteiger partial charge in [0.25, 0.3) is 0 Å². The lowest BCUT2D eigenvalue weighted by atomic mass is 9.71. The van der Waals surface area contributed by atoms with Crippen LogP contribution in [0, 0.1) is 11.8 Å². The van der Waals surface area contributed by atoms with Crippen LogP contribution >= 0.6 is 0 Å². The second-order valence-corrected chi connectivity index (χ2v) is 11.4. The number of benzene rings is 4. The molecule has 5 aromatic rings. The van der Waals surface area contributed by atoms with Crippen molar-refractivity contribution < 1.29 is 9.22 Å². The van der Waals surface area contributed by atoms with Gasteiger partial charge in [-0.15, -0.1) is 6.58 Å². The van der Waals surface area contributed by atoms with Crippen LogP contribution in [0.25, 0.3) is 32.4 Å². The number of pyridine rings is 1. The molecule has 3 aliphatic rings. The Balaban J connectivity index is 1.41. The first kappa shape index (κ1) is 23.6. The molecule has 4 aromatic carbocycles. The number of nitrogens with zero attached hydrogens (tertiary/aromatic N) is 2. The van der Waals surface area contributed by atoms with Crippen molar-refractivity contribution in [2.45, 2.75) is 31.5 Å². The summed E-state index contributed by atoms with van der Waals surface area (Å²) in [5, 5.41) is 6.61. The van der Waals surface area contributed by atoms with Crippen LogP contribution in [0.15, 0.2) is 104 Å². The van der Waals surface area contributed by atoms with Crippen molar-refractivity contribution in [2.24, 2.45) is 11.8 Å². The predicted molar refractivity (Wildman–Crippen MR) is 157 cm³/mol. The normalized spacial score (nSPS) is 25.7. The summed E-state index contributed by atoms with van der Waals surface area (Å²) in [6.45, 7) is 7.59. The summed E-state index contributed by atoms with van der Waals surface area (Å²) in [5.74, 6) is 1.22. The van der Waals surface area contributed by atoms with E-state index in [1.807, 2.05) is 13.3 Å². The van der Waals surface area contributed by atoms with Gasteiger partial charge < -0.3 is 9.22 Å². The highest BCUT2D eigenvalue weighted by Gasteiger charge is 2.54. The highest BCUT2D eigenvalue weighted by Crippen LogP contribution is 2.49. The molecule has 0 N–H and O–H groups in total. The molecule has 0 amide bonds. The summed E-state index contributed by atoms with van der Waals surface area (Å²) in [6.07, 6.45) is 6.61. The predicted octanol–water partition coefficient (Wildman–Crippen LogP) is 7.84. The number of hydrogen-bond donors (Lipinski definition) is 0. The lowest BCUT2D eigenvalue weighted by Crippen LogP contribution is -2.67. The molecule has 0 saturated carbocycles. The molecule has 8 rings (SSSR count). The highest BCUT2D eigenvalue weighted by atomic mass is 16.5. The average Bonchev–Trinajstić information content (AvgIpc) is 2.98. The molecule has 1 aromatic heterocycles. The fourth-order valence-corrected chi connectivity index (χ4v) is 7.81. The van der Waals surface area contributed by atoms with E-state index in [4.69, 9.17) is 4.74 Å². The number of quaternary nitrogens is 1. The minimum Gasteiger partial charge on any atom is -0.370 e. The van der Waals surface area contributed by atoms with Gasteiger partial charge in [0.1, 0.15) is 18.7 Å². The molecule has 3 saturated heterocycles. The van der Waals surface area contributed by atoms with Crippen molar-refractivity contribution in [1.29, 1.82) is 0 Å². The Bertz CT molecular complexity index is 1600. The van der Waals surface area contributed by atoms with Gasteiger partial charge >= 0.3 is 0 Å². The average molecular weight is 500 g/mol. The third-order valence-corrected chi connectivity index (χ3v) is 9.62. The minimum absolute atomic E-state index is 0.0118. The molecule has 0 spiro atoms. The van der Waals surface area contributed by atoms with Gasteiger partial charge in [0, 0.05) is 43.0 Å². The molecule has 3 nitrogen and oxygen atoms in total. The van der Waals surface area contributed by atoms with Gasteiger partial charge in [-0.2, -0.15) is 0 Å². The molecule has 3 aliphatic heterocycles. The van der Waals surface area contributed by atoms with Gasteiger partial charge in [0.15, 0.2) is 0 Å². The van der Waals surface area contributed by atoms with Crippen molar-refractivity contribution >= 4 is 32.4 Å². The van der Waals surface area contributed by atoms with Crippen LogP contribution in [0.5, 0.6) is 0 Å². The van der Waals surface area contributed by atoms with Crippen LogP contribution < -0.4 is 0 Å². The number of methoxy groups -OCH3 is 1. The third kappa shape index (κ3) is 3.68. The monoisotopic (exact) mass is 499 g/mol. The fourth-order valence-electron chi connectivity index (χ4n) is 7.81. The molecule has 190 valence electrons. The second kappa shape index (κ2) is 9.34. The number of rotatable bonds is 6. The van der Waals surface area contributed by atoms with Crippen LogP contribution in [0.2, 0.25) is 0 Å². The van der Waals surface area contributed by atoms with Crippen LogP contribution in [0.3, 0.4) is 0 Å². The number of ether oxygens (including phenoxy) is 1. The van der Waals surface area contributed by atoms with E-state index in [9.17, 15) is 0 Å². The second-order valence-electron chi connectivity index (χ2n) is 11.4. The van der Waals surface area contributed by atoms with Gasteiger partial charge in [-0.1, -0.05) is 72.8 Å². The van der Waals surface area contributed by atoms with Crippen LogP contribution in [0.1, 0.15) is 30.1 Å². The molecule has 0 radical (unpaired) electrons. The van der Waals surface area contributed by atoms with Gasteiger partial charge in [0.05, 0.1) is 18.6 Å². The van der Waals surface area contributed by atoms with E-state index in [0.717, 1.165) is 29.5 Å². The van der Waals surface area contributed by atoms with E-state index in [0.29, 0.717) is 17.9 Å². The first-order valence-corrected chi connectivity index (χ1v) is 13.9. The summed E-state index contributed by atoms with van der Waals surface area (Å²) in [4.78, 5) is 4.66. The van der Waals surface area contributed by atoms with Gasteiger partial charge in [-0.25, -0.2) is 0 Å². The lowest BCUT2D eigenvalue weighted by molar-refractivity contribution is -0.984. The Kier molecular flexibility index (Phi) is 5.79. The maximum Gasteiger partial charge on any atom is 0.135 e. The lowest BCUT2D eigenvalue weighted by Gasteiger charge is -2.58. The zero-order valence-corrected chi connectivity index (χ0v) is 22.1. The Morgan fingerprint density at radius 3 is 2.34 bits per heavy atom. The van der Waals surface area contributed by atoms with Crippen molar-refractivity contribution in [3.05, 3.63) is 115 Å². The highest BCUT2D eigenvalue weighted by molar-refractivity contribution is 6.02. The summed E-state index contributed by atoms with van der Waals surface area (Å²) in [6, 6.07) is 31.3. The summed E-state index contributed by atoms with van der Waals surface area (Å²) < 4.78 is 7.52. The minimum atomic E-state index is 0.0118. The molecule has 2 bridgehead atoms. The molecule has 3 fully saturated rings. The SMILES string of the molecule is C=CC1C[N+]2(Cc3c4ccccc4cc4ccccc34)CCC1C[C@H]2[C@H](OC)c1ccnc2ccccc12. The molecular weight excluding hydrogens is 464 g/mol. The van der Waals surface area contributed by atoms with Crippen LogP contribution in [-0.4, -0.2) is 35.7 Å².